The van der Waals surface area contributed by atoms with Gasteiger partial charge >= 0.3 is 0 Å². The molecule has 1 aromatic rings. The monoisotopic (exact) mass is 305 g/mol. The van der Waals surface area contributed by atoms with E-state index in [9.17, 15) is 13.5 Å². The second kappa shape index (κ2) is 7.72. The van der Waals surface area contributed by atoms with Crippen LogP contribution >= 0.6 is 0 Å². The summed E-state index contributed by atoms with van der Waals surface area (Å²) < 4.78 is 33.1. The fourth-order valence-corrected chi connectivity index (χ4v) is 2.84. The molecule has 20 heavy (non-hydrogen) atoms. The summed E-state index contributed by atoms with van der Waals surface area (Å²) >= 11 is 0. The average molecular weight is 305 g/mol. The Morgan fingerprint density at radius 1 is 1.55 bits per heavy atom. The predicted octanol–water partition coefficient (Wildman–Crippen LogP) is 0.277. The second-order valence-corrected chi connectivity index (χ2v) is 6.33. The van der Waals surface area contributed by atoms with Crippen molar-refractivity contribution in [1.29, 1.82) is 0 Å². The number of ether oxygens (including phenoxy) is 1. The number of aliphatic hydroxyl groups is 1. The Labute approximate surface area is 120 Å². The fraction of sp³-hybridized carbons (Fsp3) is 0.750. The highest BCUT2D eigenvalue weighted by molar-refractivity contribution is 7.89. The topological polar surface area (TPSA) is 93.5 Å². The lowest BCUT2D eigenvalue weighted by Gasteiger charge is -2.09. The number of aromatic nitrogens is 2. The number of aryl methyl sites for hydroxylation is 2. The molecule has 0 aromatic carbocycles. The van der Waals surface area contributed by atoms with Crippen LogP contribution in [0.2, 0.25) is 0 Å². The van der Waals surface area contributed by atoms with Crippen molar-refractivity contribution >= 4 is 10.0 Å². The van der Waals surface area contributed by atoms with E-state index in [1.807, 2.05) is 11.5 Å². The van der Waals surface area contributed by atoms with Crippen LogP contribution in [-0.4, -0.2) is 49.4 Å². The van der Waals surface area contributed by atoms with Gasteiger partial charge in [0.05, 0.1) is 12.7 Å². The van der Waals surface area contributed by atoms with E-state index >= 15 is 0 Å². The Balaban J connectivity index is 2.62. The summed E-state index contributed by atoms with van der Waals surface area (Å²) in [4.78, 5) is 4.06. The SMILES string of the molecule is CCCn1cc(S(=O)(=O)NCCC(O)COC)nc1C. The van der Waals surface area contributed by atoms with Gasteiger partial charge in [0, 0.05) is 26.4 Å². The zero-order valence-corrected chi connectivity index (χ0v) is 13.0. The van der Waals surface area contributed by atoms with E-state index in [1.54, 1.807) is 6.92 Å². The van der Waals surface area contributed by atoms with Crippen LogP contribution in [0.3, 0.4) is 0 Å². The van der Waals surface area contributed by atoms with Crippen molar-refractivity contribution in [1.82, 2.24) is 14.3 Å². The van der Waals surface area contributed by atoms with Crippen LogP contribution in [-0.2, 0) is 21.3 Å². The van der Waals surface area contributed by atoms with E-state index in [2.05, 4.69) is 9.71 Å². The zero-order chi connectivity index (χ0) is 15.2. The third kappa shape index (κ3) is 4.86. The number of rotatable bonds is 9. The molecule has 2 N–H and O–H groups in total. The molecular weight excluding hydrogens is 282 g/mol. The molecule has 8 heteroatoms. The fourth-order valence-electron chi connectivity index (χ4n) is 1.79. The highest BCUT2D eigenvalue weighted by atomic mass is 32.2. The van der Waals surface area contributed by atoms with Gasteiger partial charge in [-0.3, -0.25) is 0 Å². The van der Waals surface area contributed by atoms with E-state index in [0.717, 1.165) is 13.0 Å². The van der Waals surface area contributed by atoms with Gasteiger partial charge < -0.3 is 14.4 Å². The standard InChI is InChI=1S/C12H23N3O4S/c1-4-7-15-8-12(14-10(15)2)20(17,18)13-6-5-11(16)9-19-3/h8,11,13,16H,4-7,9H2,1-3H3. The number of aliphatic hydroxyl groups excluding tert-OH is 1. The van der Waals surface area contributed by atoms with Crippen molar-refractivity contribution in [3.63, 3.8) is 0 Å². The Kier molecular flexibility index (Phi) is 6.60. The molecule has 116 valence electrons. The third-order valence-electron chi connectivity index (χ3n) is 2.82. The molecule has 0 spiro atoms. The number of methoxy groups -OCH3 is 1. The minimum absolute atomic E-state index is 0.0182. The first-order valence-corrected chi connectivity index (χ1v) is 8.09. The lowest BCUT2D eigenvalue weighted by atomic mass is 10.3. The van der Waals surface area contributed by atoms with Gasteiger partial charge in [-0.25, -0.2) is 18.1 Å². The number of hydrogen-bond acceptors (Lipinski definition) is 5. The molecule has 0 radical (unpaired) electrons. The number of hydrogen-bond donors (Lipinski definition) is 2. The van der Waals surface area contributed by atoms with Crippen molar-refractivity contribution in [2.45, 2.75) is 44.4 Å². The van der Waals surface area contributed by atoms with Crippen molar-refractivity contribution in [3.05, 3.63) is 12.0 Å². The minimum atomic E-state index is -3.62. The molecule has 0 bridgehead atoms. The largest absolute Gasteiger partial charge is 0.391 e. The number of imidazole rings is 1. The maximum Gasteiger partial charge on any atom is 0.259 e. The van der Waals surface area contributed by atoms with Crippen LogP contribution < -0.4 is 4.72 Å². The Hall–Kier alpha value is -0.960. The summed E-state index contributed by atoms with van der Waals surface area (Å²) in [5.74, 6) is 0.673. The normalized spacial score (nSPS) is 13.6. The summed E-state index contributed by atoms with van der Waals surface area (Å²) in [5, 5.41) is 9.47. The molecule has 1 rings (SSSR count). The first-order chi connectivity index (χ1) is 9.40. The first-order valence-electron chi connectivity index (χ1n) is 6.61. The predicted molar refractivity (Wildman–Crippen MR) is 74.9 cm³/mol. The molecule has 0 aliphatic heterocycles. The first kappa shape index (κ1) is 17.1. The summed E-state index contributed by atoms with van der Waals surface area (Å²) in [7, 11) is -2.14. The summed E-state index contributed by atoms with van der Waals surface area (Å²) in [6, 6.07) is 0. The molecule has 1 unspecified atom stereocenters. The molecule has 7 nitrogen and oxygen atoms in total. The van der Waals surface area contributed by atoms with E-state index in [-0.39, 0.29) is 18.2 Å². The number of sulfonamides is 1. The third-order valence-corrected chi connectivity index (χ3v) is 4.15. The van der Waals surface area contributed by atoms with Crippen molar-refractivity contribution in [3.8, 4) is 0 Å². The second-order valence-electron chi connectivity index (χ2n) is 4.62. The molecule has 1 heterocycles. The average Bonchev–Trinajstić information content (AvgIpc) is 2.72. The highest BCUT2D eigenvalue weighted by Crippen LogP contribution is 2.09. The van der Waals surface area contributed by atoms with E-state index < -0.39 is 16.1 Å². The van der Waals surface area contributed by atoms with Crippen LogP contribution in [0.1, 0.15) is 25.6 Å². The summed E-state index contributed by atoms with van der Waals surface area (Å²) in [5.41, 5.74) is 0. The van der Waals surface area contributed by atoms with Crippen molar-refractivity contribution in [2.75, 3.05) is 20.3 Å². The molecule has 0 aliphatic rings. The minimum Gasteiger partial charge on any atom is -0.391 e. The molecule has 0 saturated heterocycles. The zero-order valence-electron chi connectivity index (χ0n) is 12.2. The summed E-state index contributed by atoms with van der Waals surface area (Å²) in [6.07, 6.45) is 2.06. The lowest BCUT2D eigenvalue weighted by molar-refractivity contribution is 0.0603. The van der Waals surface area contributed by atoms with Crippen LogP contribution in [0, 0.1) is 6.92 Å². The molecule has 0 saturated carbocycles. The van der Waals surface area contributed by atoms with Crippen LogP contribution in [0.15, 0.2) is 11.2 Å². The van der Waals surface area contributed by atoms with Gasteiger partial charge in [-0.05, 0) is 19.8 Å². The molecule has 0 aliphatic carbocycles. The van der Waals surface area contributed by atoms with E-state index in [4.69, 9.17) is 4.74 Å². The smallest absolute Gasteiger partial charge is 0.259 e. The number of nitrogens with one attached hydrogen (secondary N) is 1. The Bertz CT molecular complexity index is 513. The molecule has 0 fully saturated rings. The Morgan fingerprint density at radius 2 is 2.25 bits per heavy atom. The number of nitrogens with zero attached hydrogens (tertiary/aromatic N) is 2. The van der Waals surface area contributed by atoms with Gasteiger partial charge in [0.15, 0.2) is 5.03 Å². The van der Waals surface area contributed by atoms with Gasteiger partial charge in [0.25, 0.3) is 10.0 Å². The van der Waals surface area contributed by atoms with Crippen LogP contribution in [0.4, 0.5) is 0 Å². The summed E-state index contributed by atoms with van der Waals surface area (Å²) in [6.45, 7) is 4.86. The van der Waals surface area contributed by atoms with Gasteiger partial charge in [0.1, 0.15) is 5.82 Å². The maximum absolute atomic E-state index is 12.0. The molecule has 1 aromatic heterocycles. The van der Waals surface area contributed by atoms with Gasteiger partial charge in [-0.2, -0.15) is 0 Å². The van der Waals surface area contributed by atoms with E-state index in [0.29, 0.717) is 12.2 Å². The van der Waals surface area contributed by atoms with Crippen molar-refractivity contribution < 1.29 is 18.3 Å². The van der Waals surface area contributed by atoms with Crippen LogP contribution in [0.25, 0.3) is 0 Å². The van der Waals surface area contributed by atoms with Gasteiger partial charge in [0.2, 0.25) is 0 Å². The van der Waals surface area contributed by atoms with Crippen molar-refractivity contribution in [2.24, 2.45) is 0 Å². The quantitative estimate of drug-likeness (QED) is 0.683. The maximum atomic E-state index is 12.0. The molecular formula is C12H23N3O4S. The van der Waals surface area contributed by atoms with Gasteiger partial charge in [-0.1, -0.05) is 6.92 Å². The van der Waals surface area contributed by atoms with E-state index in [1.165, 1.54) is 13.3 Å². The molecule has 0 amide bonds. The van der Waals surface area contributed by atoms with Crippen LogP contribution in [0.5, 0.6) is 0 Å². The molecule has 1 atom stereocenters. The lowest BCUT2D eigenvalue weighted by Crippen LogP contribution is -2.28. The highest BCUT2D eigenvalue weighted by Gasteiger charge is 2.19. The Morgan fingerprint density at radius 3 is 2.85 bits per heavy atom. The van der Waals surface area contributed by atoms with Gasteiger partial charge in [-0.15, -0.1) is 0 Å².